The quantitative estimate of drug-likeness (QED) is 0.631. The summed E-state index contributed by atoms with van der Waals surface area (Å²) < 4.78 is 0. The van der Waals surface area contributed by atoms with E-state index >= 15 is 0 Å². The molecule has 1 aromatic carbocycles. The van der Waals surface area contributed by atoms with Crippen molar-refractivity contribution in [2.75, 3.05) is 0 Å². The van der Waals surface area contributed by atoms with Crippen LogP contribution in [-0.4, -0.2) is 0 Å². The maximum absolute atomic E-state index is 2.42. The predicted molar refractivity (Wildman–Crippen MR) is 63.9 cm³/mol. The molecule has 1 spiro atoms. The van der Waals surface area contributed by atoms with E-state index in [1.807, 2.05) is 0 Å². The summed E-state index contributed by atoms with van der Waals surface area (Å²) >= 11 is 0. The number of hydrogen-bond donors (Lipinski definition) is 0. The van der Waals surface area contributed by atoms with Crippen molar-refractivity contribution in [3.63, 3.8) is 0 Å². The van der Waals surface area contributed by atoms with Crippen molar-refractivity contribution in [2.45, 2.75) is 44.9 Å². The molecule has 0 amide bonds. The van der Waals surface area contributed by atoms with E-state index in [0.717, 1.165) is 17.3 Å². The molecule has 15 heavy (non-hydrogen) atoms. The van der Waals surface area contributed by atoms with Gasteiger partial charge in [-0.15, -0.1) is 0 Å². The second-order valence-corrected chi connectivity index (χ2v) is 5.86. The maximum atomic E-state index is 2.42. The smallest absolute Gasteiger partial charge is 0.0151 e. The monoisotopic (exact) mass is 200 g/mol. The van der Waals surface area contributed by atoms with E-state index < -0.39 is 0 Å². The molecule has 0 radical (unpaired) electrons. The molecule has 0 heterocycles. The summed E-state index contributed by atoms with van der Waals surface area (Å²) in [4.78, 5) is 0. The summed E-state index contributed by atoms with van der Waals surface area (Å²) in [5.41, 5.74) is 2.34. The predicted octanol–water partition coefficient (Wildman–Crippen LogP) is 4.37. The molecule has 80 valence electrons. The molecule has 2 fully saturated rings. The van der Waals surface area contributed by atoms with Gasteiger partial charge >= 0.3 is 0 Å². The SMILES string of the molecule is CC1CCC2(C1)CC(c1ccccc1)C2. The molecule has 0 nitrogen and oxygen atoms in total. The summed E-state index contributed by atoms with van der Waals surface area (Å²) in [7, 11) is 0. The number of hydrogen-bond acceptors (Lipinski definition) is 0. The highest BCUT2D eigenvalue weighted by molar-refractivity contribution is 5.24. The minimum Gasteiger partial charge on any atom is -0.0625 e. The fraction of sp³-hybridized carbons (Fsp3) is 0.600. The number of benzene rings is 1. The van der Waals surface area contributed by atoms with Gasteiger partial charge in [-0.05, 0) is 48.5 Å². The minimum absolute atomic E-state index is 0.764. The lowest BCUT2D eigenvalue weighted by Crippen LogP contribution is -2.33. The van der Waals surface area contributed by atoms with E-state index in [0.29, 0.717) is 0 Å². The molecule has 0 N–H and O–H groups in total. The van der Waals surface area contributed by atoms with Crippen LogP contribution < -0.4 is 0 Å². The summed E-state index contributed by atoms with van der Waals surface area (Å²) in [5, 5.41) is 0. The Morgan fingerprint density at radius 2 is 1.80 bits per heavy atom. The van der Waals surface area contributed by atoms with Crippen LogP contribution in [0, 0.1) is 11.3 Å². The van der Waals surface area contributed by atoms with Crippen molar-refractivity contribution >= 4 is 0 Å². The van der Waals surface area contributed by atoms with Crippen LogP contribution in [0.5, 0.6) is 0 Å². The Hall–Kier alpha value is -0.780. The molecule has 3 rings (SSSR count). The van der Waals surface area contributed by atoms with Crippen LogP contribution in [0.25, 0.3) is 0 Å². The highest BCUT2D eigenvalue weighted by atomic mass is 14.5. The highest BCUT2D eigenvalue weighted by Gasteiger charge is 2.47. The van der Waals surface area contributed by atoms with Crippen molar-refractivity contribution in [1.29, 1.82) is 0 Å². The molecule has 0 aromatic heterocycles. The second-order valence-electron chi connectivity index (χ2n) is 5.86. The Balaban J connectivity index is 1.67. The van der Waals surface area contributed by atoms with Gasteiger partial charge in [0.25, 0.3) is 0 Å². The average molecular weight is 200 g/mol. The zero-order valence-electron chi connectivity index (χ0n) is 9.58. The van der Waals surface area contributed by atoms with Crippen LogP contribution in [-0.2, 0) is 0 Å². The summed E-state index contributed by atoms with van der Waals surface area (Å²) in [6, 6.07) is 11.1. The first kappa shape index (κ1) is 9.45. The molecule has 2 aliphatic rings. The molecular formula is C15H20. The lowest BCUT2D eigenvalue weighted by atomic mass is 9.59. The molecule has 0 saturated heterocycles. The van der Waals surface area contributed by atoms with Crippen LogP contribution in [0.2, 0.25) is 0 Å². The maximum Gasteiger partial charge on any atom is -0.0151 e. The van der Waals surface area contributed by atoms with E-state index in [9.17, 15) is 0 Å². The summed E-state index contributed by atoms with van der Waals surface area (Å²) in [6.07, 6.45) is 7.39. The number of rotatable bonds is 1. The van der Waals surface area contributed by atoms with Gasteiger partial charge in [-0.25, -0.2) is 0 Å². The van der Waals surface area contributed by atoms with E-state index in [2.05, 4.69) is 37.3 Å². The van der Waals surface area contributed by atoms with Crippen molar-refractivity contribution in [3.8, 4) is 0 Å². The van der Waals surface area contributed by atoms with Gasteiger partial charge in [-0.3, -0.25) is 0 Å². The van der Waals surface area contributed by atoms with Gasteiger partial charge in [-0.2, -0.15) is 0 Å². The molecule has 1 aromatic rings. The van der Waals surface area contributed by atoms with Crippen molar-refractivity contribution < 1.29 is 0 Å². The van der Waals surface area contributed by atoms with Crippen LogP contribution in [0.1, 0.15) is 50.5 Å². The fourth-order valence-electron chi connectivity index (χ4n) is 3.81. The van der Waals surface area contributed by atoms with Crippen LogP contribution in [0.3, 0.4) is 0 Å². The van der Waals surface area contributed by atoms with Gasteiger partial charge in [0.1, 0.15) is 0 Å². The lowest BCUT2D eigenvalue weighted by molar-refractivity contribution is 0.105. The Labute approximate surface area is 92.7 Å². The van der Waals surface area contributed by atoms with Gasteiger partial charge < -0.3 is 0 Å². The van der Waals surface area contributed by atoms with Crippen LogP contribution in [0.4, 0.5) is 0 Å². The third kappa shape index (κ3) is 1.60. The summed E-state index contributed by atoms with van der Waals surface area (Å²) in [5.74, 6) is 1.86. The normalized spacial score (nSPS) is 39.3. The van der Waals surface area contributed by atoms with Crippen LogP contribution >= 0.6 is 0 Å². The highest BCUT2D eigenvalue weighted by Crippen LogP contribution is 2.60. The average Bonchev–Trinajstić information content (AvgIpc) is 2.60. The van der Waals surface area contributed by atoms with Gasteiger partial charge in [0, 0.05) is 0 Å². The topological polar surface area (TPSA) is 0 Å². The molecular weight excluding hydrogens is 180 g/mol. The first-order valence-corrected chi connectivity index (χ1v) is 6.32. The summed E-state index contributed by atoms with van der Waals surface area (Å²) in [6.45, 7) is 2.42. The van der Waals surface area contributed by atoms with E-state index in [4.69, 9.17) is 0 Å². The van der Waals surface area contributed by atoms with Gasteiger partial charge in [0.15, 0.2) is 0 Å². The lowest BCUT2D eigenvalue weighted by Gasteiger charge is -2.46. The van der Waals surface area contributed by atoms with Crippen molar-refractivity contribution in [1.82, 2.24) is 0 Å². The van der Waals surface area contributed by atoms with E-state index in [1.165, 1.54) is 32.1 Å². The molecule has 2 saturated carbocycles. The van der Waals surface area contributed by atoms with E-state index in [-0.39, 0.29) is 0 Å². The standard InChI is InChI=1S/C15H20/c1-12-7-8-15(9-12)10-14(11-15)13-5-3-2-4-6-13/h2-6,12,14H,7-11H2,1H3. The van der Waals surface area contributed by atoms with Crippen molar-refractivity contribution in [2.24, 2.45) is 11.3 Å². The Morgan fingerprint density at radius 3 is 2.40 bits per heavy atom. The first-order chi connectivity index (χ1) is 7.27. The second kappa shape index (κ2) is 3.37. The molecule has 1 atom stereocenters. The Kier molecular flexibility index (Phi) is 2.12. The largest absolute Gasteiger partial charge is 0.0625 e. The minimum atomic E-state index is 0.764. The fourth-order valence-corrected chi connectivity index (χ4v) is 3.81. The molecule has 0 bridgehead atoms. The Morgan fingerprint density at radius 1 is 1.07 bits per heavy atom. The zero-order valence-corrected chi connectivity index (χ0v) is 9.58. The van der Waals surface area contributed by atoms with Gasteiger partial charge in [0.2, 0.25) is 0 Å². The Bertz CT molecular complexity index is 332. The van der Waals surface area contributed by atoms with Gasteiger partial charge in [0.05, 0.1) is 0 Å². The molecule has 0 heteroatoms. The molecule has 2 aliphatic carbocycles. The third-order valence-electron chi connectivity index (χ3n) is 4.58. The molecule has 1 unspecified atom stereocenters. The zero-order chi connectivity index (χ0) is 10.3. The van der Waals surface area contributed by atoms with Crippen molar-refractivity contribution in [3.05, 3.63) is 35.9 Å². The molecule has 0 aliphatic heterocycles. The van der Waals surface area contributed by atoms with Crippen LogP contribution in [0.15, 0.2) is 30.3 Å². The third-order valence-corrected chi connectivity index (χ3v) is 4.58. The van der Waals surface area contributed by atoms with E-state index in [1.54, 1.807) is 5.56 Å². The van der Waals surface area contributed by atoms with Gasteiger partial charge in [-0.1, -0.05) is 43.7 Å². The first-order valence-electron chi connectivity index (χ1n) is 6.32.